The van der Waals surface area contributed by atoms with Crippen molar-refractivity contribution in [3.05, 3.63) is 0 Å². The molecule has 0 spiro atoms. The maximum Gasteiger partial charge on any atom is 0.00478 e. The highest BCUT2D eigenvalue weighted by Gasteiger charge is 2.29. The van der Waals surface area contributed by atoms with E-state index in [0.717, 1.165) is 0 Å². The van der Waals surface area contributed by atoms with Crippen LogP contribution in [0.25, 0.3) is 0 Å². The average molecular weight is 198 g/mol. The summed E-state index contributed by atoms with van der Waals surface area (Å²) in [6.45, 7) is 13.1. The lowest BCUT2D eigenvalue weighted by atomic mass is 9.89. The monoisotopic (exact) mass is 198 g/mol. The van der Waals surface area contributed by atoms with Gasteiger partial charge in [-0.3, -0.25) is 0 Å². The molecule has 1 atom stereocenters. The molecular weight excluding hydrogens is 172 g/mol. The van der Waals surface area contributed by atoms with Crippen molar-refractivity contribution in [1.82, 2.24) is 10.2 Å². The molecule has 0 radical (unpaired) electrons. The van der Waals surface area contributed by atoms with Crippen molar-refractivity contribution in [2.75, 3.05) is 32.7 Å². The highest BCUT2D eigenvalue weighted by Crippen LogP contribution is 2.25. The van der Waals surface area contributed by atoms with Crippen LogP contribution in [0.15, 0.2) is 0 Å². The molecule has 0 aromatic carbocycles. The largest absolute Gasteiger partial charge is 0.316 e. The normalized spacial score (nSPS) is 27.4. The molecule has 0 aromatic rings. The number of unbranched alkanes of at least 4 members (excludes halogenated alkanes) is 1. The van der Waals surface area contributed by atoms with Gasteiger partial charge in [0.2, 0.25) is 0 Å². The summed E-state index contributed by atoms with van der Waals surface area (Å²) in [6, 6.07) is 0. The highest BCUT2D eigenvalue weighted by molar-refractivity contribution is 4.86. The first-order valence-electron chi connectivity index (χ1n) is 6.13. The Kier molecular flexibility index (Phi) is 4.90. The highest BCUT2D eigenvalue weighted by atomic mass is 15.1. The van der Waals surface area contributed by atoms with E-state index in [4.69, 9.17) is 0 Å². The van der Waals surface area contributed by atoms with E-state index in [1.165, 1.54) is 52.0 Å². The summed E-state index contributed by atoms with van der Waals surface area (Å²) in [5.74, 6) is 0. The lowest BCUT2D eigenvalue weighted by molar-refractivity contribution is 0.182. The molecule has 0 aromatic heterocycles. The Morgan fingerprint density at radius 3 is 2.64 bits per heavy atom. The summed E-state index contributed by atoms with van der Waals surface area (Å²) in [7, 11) is 0. The minimum absolute atomic E-state index is 0.531. The number of rotatable bonds is 6. The molecule has 0 saturated carbocycles. The maximum atomic E-state index is 3.47. The van der Waals surface area contributed by atoms with Crippen molar-refractivity contribution >= 4 is 0 Å². The summed E-state index contributed by atoms with van der Waals surface area (Å²) < 4.78 is 0. The van der Waals surface area contributed by atoms with Crippen LogP contribution in [-0.4, -0.2) is 37.6 Å². The summed E-state index contributed by atoms with van der Waals surface area (Å²) >= 11 is 0. The lowest BCUT2D eigenvalue weighted by Gasteiger charge is -2.31. The fourth-order valence-electron chi connectivity index (χ4n) is 2.27. The van der Waals surface area contributed by atoms with Crippen LogP contribution in [0.4, 0.5) is 0 Å². The zero-order chi connectivity index (χ0) is 10.4. The van der Waals surface area contributed by atoms with E-state index in [0.29, 0.717) is 5.41 Å². The van der Waals surface area contributed by atoms with Crippen LogP contribution in [0.1, 0.15) is 40.0 Å². The standard InChI is InChI=1S/C12H26N2/c1-4-6-9-14(5-2)11-12(3)7-8-13-10-12/h13H,4-11H2,1-3H3. The Morgan fingerprint density at radius 1 is 1.36 bits per heavy atom. The zero-order valence-electron chi connectivity index (χ0n) is 10.1. The molecule has 1 aliphatic heterocycles. The first-order chi connectivity index (χ1) is 6.70. The molecule has 1 unspecified atom stereocenters. The van der Waals surface area contributed by atoms with Gasteiger partial charge in [0.1, 0.15) is 0 Å². The molecule has 1 saturated heterocycles. The topological polar surface area (TPSA) is 15.3 Å². The van der Waals surface area contributed by atoms with Crippen molar-refractivity contribution in [2.45, 2.75) is 40.0 Å². The minimum atomic E-state index is 0.531. The Hall–Kier alpha value is -0.0800. The molecule has 84 valence electrons. The minimum Gasteiger partial charge on any atom is -0.316 e. The number of hydrogen-bond acceptors (Lipinski definition) is 2. The third-order valence-electron chi connectivity index (χ3n) is 3.34. The van der Waals surface area contributed by atoms with Gasteiger partial charge >= 0.3 is 0 Å². The summed E-state index contributed by atoms with van der Waals surface area (Å²) in [6.07, 6.45) is 4.00. The molecule has 0 aliphatic carbocycles. The second-order valence-corrected chi connectivity index (χ2v) is 4.96. The van der Waals surface area contributed by atoms with Crippen LogP contribution in [-0.2, 0) is 0 Å². The second-order valence-electron chi connectivity index (χ2n) is 4.96. The van der Waals surface area contributed by atoms with Crippen LogP contribution < -0.4 is 5.32 Å². The van der Waals surface area contributed by atoms with E-state index in [1.807, 2.05) is 0 Å². The average Bonchev–Trinajstić information content (AvgIpc) is 2.60. The smallest absolute Gasteiger partial charge is 0.00478 e. The van der Waals surface area contributed by atoms with Gasteiger partial charge in [-0.05, 0) is 37.9 Å². The molecule has 2 heteroatoms. The van der Waals surface area contributed by atoms with Crippen molar-refractivity contribution < 1.29 is 0 Å². The van der Waals surface area contributed by atoms with Crippen LogP contribution >= 0.6 is 0 Å². The quantitative estimate of drug-likeness (QED) is 0.703. The third-order valence-corrected chi connectivity index (χ3v) is 3.34. The van der Waals surface area contributed by atoms with Gasteiger partial charge in [0.05, 0.1) is 0 Å². The predicted molar refractivity (Wildman–Crippen MR) is 62.6 cm³/mol. The summed E-state index contributed by atoms with van der Waals surface area (Å²) in [4.78, 5) is 2.61. The van der Waals surface area contributed by atoms with Crippen molar-refractivity contribution in [2.24, 2.45) is 5.41 Å². The van der Waals surface area contributed by atoms with E-state index in [1.54, 1.807) is 0 Å². The molecule has 1 rings (SSSR count). The van der Waals surface area contributed by atoms with Gasteiger partial charge in [-0.1, -0.05) is 27.2 Å². The Bertz CT molecular complexity index is 150. The number of nitrogens with one attached hydrogen (secondary N) is 1. The van der Waals surface area contributed by atoms with E-state index in [2.05, 4.69) is 31.0 Å². The fraction of sp³-hybridized carbons (Fsp3) is 1.00. The van der Waals surface area contributed by atoms with E-state index in [9.17, 15) is 0 Å². The molecule has 14 heavy (non-hydrogen) atoms. The molecular formula is C12H26N2. The number of nitrogens with zero attached hydrogens (tertiary/aromatic N) is 1. The first-order valence-corrected chi connectivity index (χ1v) is 6.13. The van der Waals surface area contributed by atoms with Gasteiger partial charge in [0.15, 0.2) is 0 Å². The number of hydrogen-bond donors (Lipinski definition) is 1. The summed E-state index contributed by atoms with van der Waals surface area (Å²) in [5, 5.41) is 3.47. The van der Waals surface area contributed by atoms with E-state index in [-0.39, 0.29) is 0 Å². The summed E-state index contributed by atoms with van der Waals surface area (Å²) in [5.41, 5.74) is 0.531. The second kappa shape index (κ2) is 5.72. The van der Waals surface area contributed by atoms with Crippen molar-refractivity contribution in [1.29, 1.82) is 0 Å². The fourth-order valence-corrected chi connectivity index (χ4v) is 2.27. The third kappa shape index (κ3) is 3.58. The molecule has 1 fully saturated rings. The van der Waals surface area contributed by atoms with Crippen LogP contribution in [0.2, 0.25) is 0 Å². The molecule has 1 aliphatic rings. The van der Waals surface area contributed by atoms with Gasteiger partial charge in [-0.15, -0.1) is 0 Å². The van der Waals surface area contributed by atoms with Gasteiger partial charge in [-0.2, -0.15) is 0 Å². The predicted octanol–water partition coefficient (Wildman–Crippen LogP) is 2.11. The van der Waals surface area contributed by atoms with Crippen molar-refractivity contribution in [3.63, 3.8) is 0 Å². The van der Waals surface area contributed by atoms with E-state index >= 15 is 0 Å². The van der Waals surface area contributed by atoms with Crippen LogP contribution in [0.3, 0.4) is 0 Å². The van der Waals surface area contributed by atoms with Crippen LogP contribution in [0, 0.1) is 5.41 Å². The van der Waals surface area contributed by atoms with Gasteiger partial charge < -0.3 is 10.2 Å². The Balaban J connectivity index is 2.30. The molecule has 0 amide bonds. The van der Waals surface area contributed by atoms with Crippen molar-refractivity contribution in [3.8, 4) is 0 Å². The molecule has 1 N–H and O–H groups in total. The lowest BCUT2D eigenvalue weighted by Crippen LogP contribution is -2.37. The molecule has 2 nitrogen and oxygen atoms in total. The SMILES string of the molecule is CCCCN(CC)CC1(C)CCNC1. The molecule has 0 bridgehead atoms. The van der Waals surface area contributed by atoms with Gasteiger partial charge in [0.25, 0.3) is 0 Å². The molecule has 1 heterocycles. The van der Waals surface area contributed by atoms with Gasteiger partial charge in [-0.25, -0.2) is 0 Å². The van der Waals surface area contributed by atoms with Crippen LogP contribution in [0.5, 0.6) is 0 Å². The Morgan fingerprint density at radius 2 is 2.14 bits per heavy atom. The zero-order valence-corrected chi connectivity index (χ0v) is 10.1. The van der Waals surface area contributed by atoms with E-state index < -0.39 is 0 Å². The van der Waals surface area contributed by atoms with Gasteiger partial charge in [0, 0.05) is 13.1 Å². The maximum absolute atomic E-state index is 3.47. The Labute approximate surface area is 89.1 Å². The first kappa shape index (κ1) is 12.0.